The van der Waals surface area contributed by atoms with Gasteiger partial charge >= 0.3 is 6.03 Å². The fourth-order valence-electron chi connectivity index (χ4n) is 1.49. The number of halogens is 1. The maximum absolute atomic E-state index is 11.5. The molecule has 2 rings (SSSR count). The molecule has 1 aromatic rings. The summed E-state index contributed by atoms with van der Waals surface area (Å²) in [6.07, 6.45) is 5.03. The minimum absolute atomic E-state index is 0.0721. The summed E-state index contributed by atoms with van der Waals surface area (Å²) in [4.78, 5) is 22.6. The smallest absolute Gasteiger partial charge is 0.320 e. The quantitative estimate of drug-likeness (QED) is 0.717. The molecule has 1 aliphatic rings. The first-order valence-corrected chi connectivity index (χ1v) is 5.72. The van der Waals surface area contributed by atoms with Crippen LogP contribution in [0.5, 0.6) is 5.75 Å². The molecule has 7 heteroatoms. The van der Waals surface area contributed by atoms with Crippen LogP contribution in [-0.2, 0) is 4.79 Å². The number of carbonyl (C=O) groups excluding carboxylic acids is 2. The first-order valence-electron chi connectivity index (χ1n) is 5.34. The van der Waals surface area contributed by atoms with E-state index < -0.39 is 6.03 Å². The second kappa shape index (κ2) is 5.50. The van der Waals surface area contributed by atoms with E-state index in [0.29, 0.717) is 17.1 Å². The molecule has 0 radical (unpaired) electrons. The molecule has 3 amide bonds. The Kier molecular flexibility index (Phi) is 3.78. The van der Waals surface area contributed by atoms with Crippen molar-refractivity contribution in [1.29, 1.82) is 0 Å². The number of carbonyl (C=O) groups is 2. The van der Waals surface area contributed by atoms with Gasteiger partial charge in [-0.25, -0.2) is 4.79 Å². The molecule has 0 bridgehead atoms. The number of fused-ring (bicyclic) bond motifs is 1. The third-order valence-corrected chi connectivity index (χ3v) is 2.61. The molecule has 0 saturated heterocycles. The van der Waals surface area contributed by atoms with E-state index in [0.717, 1.165) is 0 Å². The Bertz CT molecular complexity index is 580. The highest BCUT2D eigenvalue weighted by Crippen LogP contribution is 2.36. The van der Waals surface area contributed by atoms with Crippen molar-refractivity contribution < 1.29 is 14.3 Å². The highest BCUT2D eigenvalue weighted by Gasteiger charge is 2.18. The van der Waals surface area contributed by atoms with Crippen molar-refractivity contribution >= 4 is 34.9 Å². The lowest BCUT2D eigenvalue weighted by Crippen LogP contribution is -2.29. The highest BCUT2D eigenvalue weighted by molar-refractivity contribution is 6.34. The Morgan fingerprint density at radius 2 is 2.37 bits per heavy atom. The number of urea groups is 1. The maximum Gasteiger partial charge on any atom is 0.320 e. The SMILES string of the molecule is C#CCNC(=O)Nc1cc2c(cc1Cl)NC(=O)CO2. The second-order valence-electron chi connectivity index (χ2n) is 3.68. The Labute approximate surface area is 114 Å². The van der Waals surface area contributed by atoms with Gasteiger partial charge in [-0.05, 0) is 6.07 Å². The summed E-state index contributed by atoms with van der Waals surface area (Å²) >= 11 is 6.00. The standard InChI is InChI=1S/C12H10ClN3O3/c1-2-3-14-12(18)16-8-5-10-9(4-7(8)13)15-11(17)6-19-10/h1,4-5H,3,6H2,(H,15,17)(H2,14,16,18). The van der Waals surface area contributed by atoms with Gasteiger partial charge in [0.05, 0.1) is 22.9 Å². The van der Waals surface area contributed by atoms with Crippen molar-refractivity contribution in [2.45, 2.75) is 0 Å². The minimum Gasteiger partial charge on any atom is -0.482 e. The van der Waals surface area contributed by atoms with Crippen molar-refractivity contribution in [2.75, 3.05) is 23.8 Å². The van der Waals surface area contributed by atoms with Crippen LogP contribution >= 0.6 is 11.6 Å². The highest BCUT2D eigenvalue weighted by atomic mass is 35.5. The summed E-state index contributed by atoms with van der Waals surface area (Å²) in [6.45, 7) is 0.0400. The Hall–Kier alpha value is -2.39. The normalized spacial score (nSPS) is 12.5. The molecule has 1 aliphatic heterocycles. The Balaban J connectivity index is 2.16. The molecule has 0 aliphatic carbocycles. The predicted molar refractivity (Wildman–Crippen MR) is 71.4 cm³/mol. The first kappa shape index (κ1) is 13.1. The lowest BCUT2D eigenvalue weighted by molar-refractivity contribution is -0.118. The van der Waals surface area contributed by atoms with Gasteiger partial charge in [0.25, 0.3) is 5.91 Å². The van der Waals surface area contributed by atoms with Gasteiger partial charge in [0.1, 0.15) is 5.75 Å². The Morgan fingerprint density at radius 3 is 3.11 bits per heavy atom. The van der Waals surface area contributed by atoms with Crippen LogP contribution < -0.4 is 20.7 Å². The van der Waals surface area contributed by atoms with Crippen LogP contribution in [0.3, 0.4) is 0 Å². The molecule has 0 aromatic heterocycles. The lowest BCUT2D eigenvalue weighted by Gasteiger charge is -2.19. The molecule has 3 N–H and O–H groups in total. The number of terminal acetylenes is 1. The van der Waals surface area contributed by atoms with Gasteiger partial charge in [-0.15, -0.1) is 6.42 Å². The van der Waals surface area contributed by atoms with Crippen LogP contribution in [-0.4, -0.2) is 25.1 Å². The van der Waals surface area contributed by atoms with Gasteiger partial charge in [-0.1, -0.05) is 17.5 Å². The predicted octanol–water partition coefficient (Wildman–Crippen LogP) is 1.43. The van der Waals surface area contributed by atoms with Crippen molar-refractivity contribution in [2.24, 2.45) is 0 Å². The van der Waals surface area contributed by atoms with E-state index in [1.54, 1.807) is 0 Å². The molecule has 0 unspecified atom stereocenters. The zero-order valence-corrected chi connectivity index (χ0v) is 10.5. The van der Waals surface area contributed by atoms with E-state index in [1.807, 2.05) is 0 Å². The molecule has 0 spiro atoms. The number of anilines is 2. The number of hydrogen-bond donors (Lipinski definition) is 3. The molecular formula is C12H10ClN3O3. The summed E-state index contributed by atoms with van der Waals surface area (Å²) in [5.41, 5.74) is 0.835. The van der Waals surface area contributed by atoms with Gasteiger partial charge < -0.3 is 20.7 Å². The molecule has 98 valence electrons. The van der Waals surface area contributed by atoms with Crippen LogP contribution in [0.2, 0.25) is 5.02 Å². The zero-order chi connectivity index (χ0) is 13.8. The number of nitrogens with one attached hydrogen (secondary N) is 3. The molecular weight excluding hydrogens is 270 g/mol. The number of benzene rings is 1. The summed E-state index contributed by atoms with van der Waals surface area (Å²) in [5, 5.41) is 7.87. The Morgan fingerprint density at radius 1 is 1.58 bits per heavy atom. The summed E-state index contributed by atoms with van der Waals surface area (Å²) in [7, 11) is 0. The van der Waals surface area contributed by atoms with Gasteiger partial charge in [-0.2, -0.15) is 0 Å². The van der Waals surface area contributed by atoms with Crippen molar-refractivity contribution in [1.82, 2.24) is 5.32 Å². The van der Waals surface area contributed by atoms with Gasteiger partial charge in [-0.3, -0.25) is 4.79 Å². The summed E-state index contributed by atoms with van der Waals surface area (Å²) in [5.74, 6) is 2.46. The average Bonchev–Trinajstić information content (AvgIpc) is 2.37. The van der Waals surface area contributed by atoms with E-state index in [-0.39, 0.29) is 24.1 Å². The third kappa shape index (κ3) is 3.09. The number of amides is 3. The molecule has 6 nitrogen and oxygen atoms in total. The molecule has 1 aromatic carbocycles. The monoisotopic (exact) mass is 279 g/mol. The fourth-order valence-corrected chi connectivity index (χ4v) is 1.70. The zero-order valence-electron chi connectivity index (χ0n) is 9.75. The van der Waals surface area contributed by atoms with E-state index in [1.165, 1.54) is 12.1 Å². The van der Waals surface area contributed by atoms with Crippen LogP contribution in [0.15, 0.2) is 12.1 Å². The molecule has 0 saturated carbocycles. The van der Waals surface area contributed by atoms with E-state index in [2.05, 4.69) is 21.9 Å². The number of rotatable bonds is 2. The third-order valence-electron chi connectivity index (χ3n) is 2.30. The average molecular weight is 280 g/mol. The van der Waals surface area contributed by atoms with Crippen molar-refractivity contribution in [3.05, 3.63) is 17.2 Å². The molecule has 0 atom stereocenters. The molecule has 0 fully saturated rings. The fraction of sp³-hybridized carbons (Fsp3) is 0.167. The first-order chi connectivity index (χ1) is 9.10. The van der Waals surface area contributed by atoms with E-state index >= 15 is 0 Å². The second-order valence-corrected chi connectivity index (χ2v) is 4.08. The van der Waals surface area contributed by atoms with Crippen LogP contribution in [0.1, 0.15) is 0 Å². The summed E-state index contributed by atoms with van der Waals surface area (Å²) < 4.78 is 5.22. The van der Waals surface area contributed by atoms with Crippen LogP contribution in [0.25, 0.3) is 0 Å². The number of ether oxygens (including phenoxy) is 1. The van der Waals surface area contributed by atoms with E-state index in [9.17, 15) is 9.59 Å². The largest absolute Gasteiger partial charge is 0.482 e. The van der Waals surface area contributed by atoms with Gasteiger partial charge in [0, 0.05) is 6.07 Å². The van der Waals surface area contributed by atoms with Crippen LogP contribution in [0.4, 0.5) is 16.2 Å². The molecule has 19 heavy (non-hydrogen) atoms. The van der Waals surface area contributed by atoms with Gasteiger partial charge in [0.15, 0.2) is 6.61 Å². The van der Waals surface area contributed by atoms with E-state index in [4.69, 9.17) is 22.8 Å². The van der Waals surface area contributed by atoms with Gasteiger partial charge in [0.2, 0.25) is 0 Å². The minimum atomic E-state index is -0.473. The summed E-state index contributed by atoms with van der Waals surface area (Å²) in [6, 6.07) is 2.57. The topological polar surface area (TPSA) is 79.5 Å². The molecule has 1 heterocycles. The van der Waals surface area contributed by atoms with Crippen molar-refractivity contribution in [3.63, 3.8) is 0 Å². The van der Waals surface area contributed by atoms with Crippen LogP contribution in [0, 0.1) is 12.3 Å². The maximum atomic E-state index is 11.5. The number of hydrogen-bond acceptors (Lipinski definition) is 3. The lowest BCUT2D eigenvalue weighted by atomic mass is 10.2. The van der Waals surface area contributed by atoms with Crippen molar-refractivity contribution in [3.8, 4) is 18.1 Å².